The van der Waals surface area contributed by atoms with Crippen LogP contribution in [-0.2, 0) is 11.3 Å². The number of hydrogen-bond donors (Lipinski definition) is 1. The van der Waals surface area contributed by atoms with Gasteiger partial charge in [0.15, 0.2) is 0 Å². The molecule has 0 aromatic carbocycles. The monoisotopic (exact) mass is 237 g/mol. The Morgan fingerprint density at radius 1 is 1.59 bits per heavy atom. The molecule has 0 saturated heterocycles. The highest BCUT2D eigenvalue weighted by Gasteiger charge is 2.31. The topological polar surface area (TPSA) is 51.5 Å². The van der Waals surface area contributed by atoms with E-state index in [1.807, 2.05) is 0 Å². The molecule has 1 N–H and O–H groups in total. The standard InChI is InChI=1S/C13H19NO3/c1-9-11(12(15)16-3)7-10(17-9)8-14-13(2)5-4-6-13/h7,14H,4-6,8H2,1-3H3. The lowest BCUT2D eigenvalue weighted by atomic mass is 9.78. The molecule has 4 nitrogen and oxygen atoms in total. The van der Waals surface area contributed by atoms with Crippen LogP contribution in [0.3, 0.4) is 0 Å². The molecule has 0 bridgehead atoms. The molecule has 0 amide bonds. The van der Waals surface area contributed by atoms with E-state index in [0.29, 0.717) is 17.9 Å². The van der Waals surface area contributed by atoms with Gasteiger partial charge >= 0.3 is 5.97 Å². The molecule has 4 heteroatoms. The molecule has 1 heterocycles. The summed E-state index contributed by atoms with van der Waals surface area (Å²) in [5.41, 5.74) is 0.759. The summed E-state index contributed by atoms with van der Waals surface area (Å²) < 4.78 is 10.2. The van der Waals surface area contributed by atoms with Crippen molar-refractivity contribution >= 4 is 5.97 Å². The van der Waals surface area contributed by atoms with Crippen LogP contribution in [0.25, 0.3) is 0 Å². The second kappa shape index (κ2) is 4.53. The largest absolute Gasteiger partial charge is 0.465 e. The summed E-state index contributed by atoms with van der Waals surface area (Å²) >= 11 is 0. The third-order valence-electron chi connectivity index (χ3n) is 3.52. The zero-order chi connectivity index (χ0) is 12.5. The van der Waals surface area contributed by atoms with Gasteiger partial charge in [-0.15, -0.1) is 0 Å². The summed E-state index contributed by atoms with van der Waals surface area (Å²) in [6, 6.07) is 1.76. The van der Waals surface area contributed by atoms with Crippen molar-refractivity contribution in [1.82, 2.24) is 5.32 Å². The lowest BCUT2D eigenvalue weighted by Crippen LogP contribution is -2.47. The van der Waals surface area contributed by atoms with E-state index in [1.54, 1.807) is 13.0 Å². The summed E-state index contributed by atoms with van der Waals surface area (Å²) in [5, 5.41) is 3.46. The number of furan rings is 1. The number of esters is 1. The molecule has 1 aliphatic carbocycles. The van der Waals surface area contributed by atoms with Crippen molar-refractivity contribution < 1.29 is 13.9 Å². The average molecular weight is 237 g/mol. The van der Waals surface area contributed by atoms with Gasteiger partial charge in [0.2, 0.25) is 0 Å². The molecule has 0 spiro atoms. The molecule has 2 rings (SSSR count). The van der Waals surface area contributed by atoms with E-state index in [1.165, 1.54) is 26.4 Å². The molecule has 0 aliphatic heterocycles. The summed E-state index contributed by atoms with van der Waals surface area (Å²) in [4.78, 5) is 11.4. The van der Waals surface area contributed by atoms with Gasteiger partial charge in [0.1, 0.15) is 17.1 Å². The minimum atomic E-state index is -0.340. The molecule has 0 atom stereocenters. The SMILES string of the molecule is COC(=O)c1cc(CNC2(C)CCC2)oc1C. The molecule has 94 valence electrons. The smallest absolute Gasteiger partial charge is 0.341 e. The highest BCUT2D eigenvalue weighted by atomic mass is 16.5. The van der Waals surface area contributed by atoms with E-state index in [-0.39, 0.29) is 11.5 Å². The maximum Gasteiger partial charge on any atom is 0.341 e. The lowest BCUT2D eigenvalue weighted by Gasteiger charge is -2.39. The zero-order valence-corrected chi connectivity index (χ0v) is 10.6. The van der Waals surface area contributed by atoms with Gasteiger partial charge in [-0.1, -0.05) is 0 Å². The van der Waals surface area contributed by atoms with Crippen LogP contribution in [0.15, 0.2) is 10.5 Å². The molecule has 1 aromatic heterocycles. The highest BCUT2D eigenvalue weighted by molar-refractivity contribution is 5.90. The Hall–Kier alpha value is -1.29. The summed E-state index contributed by atoms with van der Waals surface area (Å²) in [5.74, 6) is 1.07. The van der Waals surface area contributed by atoms with Crippen LogP contribution in [-0.4, -0.2) is 18.6 Å². The van der Waals surface area contributed by atoms with Gasteiger partial charge in [-0.3, -0.25) is 0 Å². The fourth-order valence-electron chi connectivity index (χ4n) is 2.13. The predicted molar refractivity (Wildman–Crippen MR) is 63.9 cm³/mol. The van der Waals surface area contributed by atoms with Gasteiger partial charge < -0.3 is 14.5 Å². The van der Waals surface area contributed by atoms with Crippen molar-refractivity contribution in [1.29, 1.82) is 0 Å². The Balaban J connectivity index is 1.99. The minimum absolute atomic E-state index is 0.242. The number of aryl methyl sites for hydroxylation is 1. The Bertz CT molecular complexity index is 418. The quantitative estimate of drug-likeness (QED) is 0.817. The van der Waals surface area contributed by atoms with Crippen LogP contribution in [0.5, 0.6) is 0 Å². The van der Waals surface area contributed by atoms with E-state index >= 15 is 0 Å². The first kappa shape index (κ1) is 12.2. The van der Waals surface area contributed by atoms with Crippen molar-refractivity contribution in [3.63, 3.8) is 0 Å². The van der Waals surface area contributed by atoms with Crippen molar-refractivity contribution in [2.45, 2.75) is 45.2 Å². The fraction of sp³-hybridized carbons (Fsp3) is 0.615. The normalized spacial score (nSPS) is 17.6. The number of carbonyl (C=O) groups is 1. The van der Waals surface area contributed by atoms with E-state index in [4.69, 9.17) is 4.42 Å². The highest BCUT2D eigenvalue weighted by Crippen LogP contribution is 2.31. The number of rotatable bonds is 4. The maximum absolute atomic E-state index is 11.4. The number of nitrogens with one attached hydrogen (secondary N) is 1. The second-order valence-electron chi connectivity index (χ2n) is 4.94. The van der Waals surface area contributed by atoms with Gasteiger partial charge in [0.25, 0.3) is 0 Å². The Labute approximate surface area is 101 Å². The minimum Gasteiger partial charge on any atom is -0.465 e. The third kappa shape index (κ3) is 2.52. The Morgan fingerprint density at radius 3 is 2.82 bits per heavy atom. The van der Waals surface area contributed by atoms with Crippen LogP contribution >= 0.6 is 0 Å². The first-order valence-electron chi connectivity index (χ1n) is 5.97. The molecule has 1 aliphatic rings. The predicted octanol–water partition coefficient (Wildman–Crippen LogP) is 2.41. The molecule has 1 saturated carbocycles. The van der Waals surface area contributed by atoms with Crippen LogP contribution in [0.1, 0.15) is 48.1 Å². The Kier molecular flexibility index (Phi) is 3.24. The molecule has 17 heavy (non-hydrogen) atoms. The third-order valence-corrected chi connectivity index (χ3v) is 3.52. The van der Waals surface area contributed by atoms with Gasteiger partial charge in [0, 0.05) is 5.54 Å². The van der Waals surface area contributed by atoms with E-state index in [9.17, 15) is 4.79 Å². The van der Waals surface area contributed by atoms with Gasteiger partial charge in [-0.25, -0.2) is 4.79 Å². The first-order valence-corrected chi connectivity index (χ1v) is 5.97. The maximum atomic E-state index is 11.4. The van der Waals surface area contributed by atoms with Crippen LogP contribution in [0.4, 0.5) is 0 Å². The lowest BCUT2D eigenvalue weighted by molar-refractivity contribution is 0.0599. The van der Waals surface area contributed by atoms with Crippen molar-refractivity contribution in [2.75, 3.05) is 7.11 Å². The van der Waals surface area contributed by atoms with Crippen LogP contribution < -0.4 is 5.32 Å². The van der Waals surface area contributed by atoms with Crippen molar-refractivity contribution in [3.05, 3.63) is 23.2 Å². The van der Waals surface area contributed by atoms with Gasteiger partial charge in [0.05, 0.1) is 13.7 Å². The van der Waals surface area contributed by atoms with E-state index in [0.717, 1.165) is 5.76 Å². The van der Waals surface area contributed by atoms with Gasteiger partial charge in [-0.05, 0) is 39.2 Å². The second-order valence-corrected chi connectivity index (χ2v) is 4.94. The molecular formula is C13H19NO3. The van der Waals surface area contributed by atoms with E-state index in [2.05, 4.69) is 17.0 Å². The molecule has 0 radical (unpaired) electrons. The van der Waals surface area contributed by atoms with Crippen LogP contribution in [0.2, 0.25) is 0 Å². The van der Waals surface area contributed by atoms with Crippen LogP contribution in [0, 0.1) is 6.92 Å². The van der Waals surface area contributed by atoms with E-state index < -0.39 is 0 Å². The number of carbonyl (C=O) groups excluding carboxylic acids is 1. The summed E-state index contributed by atoms with van der Waals surface area (Å²) in [6.45, 7) is 4.66. The number of ether oxygens (including phenoxy) is 1. The number of methoxy groups -OCH3 is 1. The molecule has 0 unspecified atom stereocenters. The van der Waals surface area contributed by atoms with Crippen molar-refractivity contribution in [2.24, 2.45) is 0 Å². The fourth-order valence-corrected chi connectivity index (χ4v) is 2.13. The summed E-state index contributed by atoms with van der Waals surface area (Å²) in [6.07, 6.45) is 3.70. The Morgan fingerprint density at radius 2 is 2.29 bits per heavy atom. The zero-order valence-electron chi connectivity index (χ0n) is 10.6. The first-order chi connectivity index (χ1) is 8.04. The molecular weight excluding hydrogens is 218 g/mol. The average Bonchev–Trinajstić information content (AvgIpc) is 2.64. The number of hydrogen-bond acceptors (Lipinski definition) is 4. The summed E-state index contributed by atoms with van der Waals surface area (Å²) in [7, 11) is 1.38. The van der Waals surface area contributed by atoms with Gasteiger partial charge in [-0.2, -0.15) is 0 Å². The molecule has 1 fully saturated rings. The molecule has 1 aromatic rings. The van der Waals surface area contributed by atoms with Crippen molar-refractivity contribution in [3.8, 4) is 0 Å².